The van der Waals surface area contributed by atoms with Gasteiger partial charge in [-0.15, -0.1) is 0 Å². The highest BCUT2D eigenvalue weighted by Crippen LogP contribution is 2.22. The number of alkyl carbamates (subject to hydrolysis) is 1. The minimum atomic E-state index is -1.74. The Balaban J connectivity index is 1.16. The number of aliphatic hydroxyl groups excluding tert-OH is 1. The van der Waals surface area contributed by atoms with Gasteiger partial charge in [-0.1, -0.05) is 105 Å². The summed E-state index contributed by atoms with van der Waals surface area (Å²) < 4.78 is 5.45. The number of aliphatic hydroxyl groups is 1. The van der Waals surface area contributed by atoms with E-state index in [2.05, 4.69) is 52.5 Å². The maximum atomic E-state index is 14.5. The van der Waals surface area contributed by atoms with E-state index in [1.54, 1.807) is 80.7 Å². The molecule has 4 aromatic carbocycles. The monoisotopic (exact) mass is 1210 g/mol. The molecule has 6 rings (SSSR count). The van der Waals surface area contributed by atoms with Gasteiger partial charge in [-0.25, -0.2) is 4.79 Å². The van der Waals surface area contributed by atoms with Crippen molar-refractivity contribution in [1.82, 2.24) is 52.4 Å². The zero-order valence-electron chi connectivity index (χ0n) is 49.0. The molecule has 0 aliphatic carbocycles. The van der Waals surface area contributed by atoms with Crippen molar-refractivity contribution in [3.63, 3.8) is 0 Å². The SMILES string of the molecule is CC(C)C[C@H](NC(=O)CNC(=O)[C@H](Cc1ccc(O)cc1)NC(=O)[C@H](CO)NC(=O)[C@H](Cc1c[nH]c2ccccc12)NC(=O)[C@@H](Cc1ccccc1)NC(=O)OCc1ccccc1)C(=O)N[C@@H](CCCN=C(N)N)C(=O)N1CCC[C@H]1C(=O)NCC(N)=O. The number of hydrogen-bond acceptors (Lipinski definition) is 14. The van der Waals surface area contributed by atoms with Crippen molar-refractivity contribution in [2.75, 3.05) is 32.8 Å². The van der Waals surface area contributed by atoms with Crippen molar-refractivity contribution in [3.05, 3.63) is 138 Å². The number of nitrogens with zero attached hydrogens (tertiary/aromatic N) is 2. The Morgan fingerprint density at radius 1 is 0.636 bits per heavy atom. The number of hydrogen-bond donors (Lipinski definition) is 14. The van der Waals surface area contributed by atoms with Crippen molar-refractivity contribution >= 4 is 76.1 Å². The van der Waals surface area contributed by atoms with Crippen molar-refractivity contribution in [1.29, 1.82) is 0 Å². The molecule has 2 heterocycles. The number of aliphatic imine (C=N–C) groups is 1. The van der Waals surface area contributed by atoms with Crippen LogP contribution in [0.5, 0.6) is 5.75 Å². The van der Waals surface area contributed by atoms with Crippen molar-refractivity contribution in [2.24, 2.45) is 28.1 Å². The lowest BCUT2D eigenvalue weighted by Gasteiger charge is -2.30. The average Bonchev–Trinajstić information content (AvgIpc) is 2.94. The van der Waals surface area contributed by atoms with Gasteiger partial charge in [0, 0.05) is 49.5 Å². The summed E-state index contributed by atoms with van der Waals surface area (Å²) in [5, 5.41) is 42.1. The van der Waals surface area contributed by atoms with E-state index in [-0.39, 0.29) is 82.3 Å². The summed E-state index contributed by atoms with van der Waals surface area (Å²) in [6.45, 7) is 1.57. The van der Waals surface area contributed by atoms with Crippen LogP contribution in [0.15, 0.2) is 120 Å². The topological polar surface area (TPSA) is 426 Å². The molecule has 1 saturated heterocycles. The smallest absolute Gasteiger partial charge is 0.408 e. The van der Waals surface area contributed by atoms with Gasteiger partial charge in [-0.3, -0.25) is 48.1 Å². The zero-order valence-corrected chi connectivity index (χ0v) is 49.0. The number of amides is 10. The number of guanidine groups is 1. The second-order valence-electron chi connectivity index (χ2n) is 21.6. The molecule has 7 atom stereocenters. The number of aromatic hydroxyl groups is 1. The maximum Gasteiger partial charge on any atom is 0.408 e. The predicted octanol–water partition coefficient (Wildman–Crippen LogP) is -0.579. The lowest BCUT2D eigenvalue weighted by Crippen LogP contribution is -2.60. The van der Waals surface area contributed by atoms with Gasteiger partial charge < -0.3 is 84.6 Å². The van der Waals surface area contributed by atoms with Crippen LogP contribution >= 0.6 is 0 Å². The number of benzene rings is 4. The van der Waals surface area contributed by atoms with E-state index >= 15 is 0 Å². The molecule has 0 bridgehead atoms. The number of aromatic amines is 1. The molecule has 470 valence electrons. The first-order chi connectivity index (χ1) is 42.2. The number of primary amides is 1. The van der Waals surface area contributed by atoms with Gasteiger partial charge in [-0.2, -0.15) is 0 Å². The lowest BCUT2D eigenvalue weighted by atomic mass is 10.0. The Hall–Kier alpha value is -10.0. The molecule has 88 heavy (non-hydrogen) atoms. The van der Waals surface area contributed by atoms with Gasteiger partial charge in [0.2, 0.25) is 53.2 Å². The summed E-state index contributed by atoms with van der Waals surface area (Å²) in [4.78, 5) is 145. The van der Waals surface area contributed by atoms with Crippen molar-refractivity contribution in [2.45, 2.75) is 114 Å². The van der Waals surface area contributed by atoms with Crippen LogP contribution < -0.4 is 59.7 Å². The van der Waals surface area contributed by atoms with Crippen LogP contribution in [-0.2, 0) is 73.8 Å². The molecule has 1 aliphatic heterocycles. The molecule has 0 unspecified atom stereocenters. The third kappa shape index (κ3) is 21.2. The normalized spacial score (nSPS) is 14.8. The highest BCUT2D eigenvalue weighted by Gasteiger charge is 2.39. The number of carbonyl (C=O) groups is 10. The molecule has 10 amide bonds. The number of aromatic nitrogens is 1. The molecule has 1 aromatic heterocycles. The second kappa shape index (κ2) is 33.6. The fourth-order valence-electron chi connectivity index (χ4n) is 9.85. The number of phenolic OH excluding ortho intramolecular Hbond substituents is 1. The number of carbonyl (C=O) groups excluding carboxylic acids is 10. The fourth-order valence-corrected chi connectivity index (χ4v) is 9.85. The summed E-state index contributed by atoms with van der Waals surface area (Å²) >= 11 is 0. The minimum absolute atomic E-state index is 0.0194. The van der Waals surface area contributed by atoms with Crippen LogP contribution in [-0.4, -0.2) is 160 Å². The number of nitrogens with two attached hydrogens (primary N) is 3. The van der Waals surface area contributed by atoms with Gasteiger partial charge in [0.05, 0.1) is 19.7 Å². The molecular formula is C61H78N14O13. The average molecular weight is 1220 g/mol. The third-order valence-electron chi connectivity index (χ3n) is 14.3. The Bertz CT molecular complexity index is 3230. The van der Waals surface area contributed by atoms with Crippen molar-refractivity contribution in [3.8, 4) is 5.75 Å². The summed E-state index contributed by atoms with van der Waals surface area (Å²) in [5.74, 6) is -7.76. The summed E-state index contributed by atoms with van der Waals surface area (Å²) in [5.41, 5.74) is 19.3. The lowest BCUT2D eigenvalue weighted by molar-refractivity contribution is -0.142. The van der Waals surface area contributed by atoms with Crippen LogP contribution in [0.1, 0.15) is 68.2 Å². The maximum absolute atomic E-state index is 14.5. The number of ether oxygens (including phenoxy) is 1. The van der Waals surface area contributed by atoms with E-state index in [0.717, 1.165) is 10.9 Å². The third-order valence-corrected chi connectivity index (χ3v) is 14.3. The molecule has 1 fully saturated rings. The molecular weight excluding hydrogens is 1140 g/mol. The van der Waals surface area contributed by atoms with Crippen LogP contribution in [0.4, 0.5) is 4.79 Å². The Morgan fingerprint density at radius 3 is 1.84 bits per heavy atom. The van der Waals surface area contributed by atoms with Gasteiger partial charge >= 0.3 is 6.09 Å². The van der Waals surface area contributed by atoms with Crippen LogP contribution in [0, 0.1) is 5.92 Å². The highest BCUT2D eigenvalue weighted by molar-refractivity contribution is 5.98. The quantitative estimate of drug-likeness (QED) is 0.0146. The first kappa shape index (κ1) is 67.1. The molecule has 1 aliphatic rings. The van der Waals surface area contributed by atoms with Gasteiger partial charge in [-0.05, 0) is 78.5 Å². The van der Waals surface area contributed by atoms with Gasteiger partial charge in [0.1, 0.15) is 54.6 Å². The molecule has 0 radical (unpaired) electrons. The first-order valence-corrected chi connectivity index (χ1v) is 28.8. The van der Waals surface area contributed by atoms with Crippen LogP contribution in [0.2, 0.25) is 0 Å². The van der Waals surface area contributed by atoms with Crippen LogP contribution in [0.25, 0.3) is 10.9 Å². The van der Waals surface area contributed by atoms with E-state index in [1.165, 1.54) is 29.2 Å². The van der Waals surface area contributed by atoms with Crippen molar-refractivity contribution < 1.29 is 62.9 Å². The number of rotatable bonds is 32. The number of para-hydroxylation sites is 1. The fraction of sp³-hybridized carbons (Fsp3) is 0.393. The van der Waals surface area contributed by atoms with Crippen LogP contribution in [0.3, 0.4) is 0 Å². The van der Waals surface area contributed by atoms with E-state index in [0.29, 0.717) is 28.7 Å². The summed E-state index contributed by atoms with van der Waals surface area (Å²) in [6, 6.07) is 21.2. The molecule has 27 heteroatoms. The second-order valence-corrected chi connectivity index (χ2v) is 21.6. The standard InChI is InChI=1S/C61H78N14O13/c1-36(2)27-45(54(81)70-44(19-11-25-65-60(63)64)59(86)75-26-12-20-50(75)58(85)67-32-51(62)78)69-52(79)33-68-53(80)46(29-38-21-23-41(77)24-22-38)71-57(84)49(34-76)73-56(83)48(30-40-31-66-43-18-10-9-17-42(40)43)72-55(82)47(28-37-13-5-3-6-14-37)74-61(87)88-35-39-15-7-4-8-16-39/h3-10,13-18,21-24,31,36,44-50,66,76-77H,11-12,19-20,25-30,32-35H2,1-2H3,(H2,62,78)(H,67,85)(H,68,80)(H,69,79)(H,70,81)(H,71,84)(H,72,82)(H,73,83)(H,74,87)(H4,63,64,65)/t44-,45-,46-,47+,48-,49-,50-/m0/s1. The molecule has 27 nitrogen and oxygen atoms in total. The number of H-pyrrole nitrogens is 1. The number of fused-ring (bicyclic) bond motifs is 1. The minimum Gasteiger partial charge on any atom is -0.508 e. The molecule has 5 aromatic rings. The number of nitrogens with one attached hydrogen (secondary N) is 9. The van der Waals surface area contributed by atoms with E-state index in [9.17, 15) is 58.2 Å². The van der Waals surface area contributed by atoms with E-state index in [1.807, 2.05) is 24.3 Å². The largest absolute Gasteiger partial charge is 0.508 e. The first-order valence-electron chi connectivity index (χ1n) is 28.8. The number of likely N-dealkylation sites (tertiary alicyclic amines) is 1. The summed E-state index contributed by atoms with van der Waals surface area (Å²) in [6.07, 6.45) is 1.38. The Kier molecular flexibility index (Phi) is 25.6. The number of phenols is 1. The highest BCUT2D eigenvalue weighted by atomic mass is 16.5. The molecule has 0 saturated carbocycles. The predicted molar refractivity (Wildman–Crippen MR) is 324 cm³/mol. The molecule has 0 spiro atoms. The zero-order chi connectivity index (χ0) is 63.7. The Labute approximate surface area is 508 Å². The Morgan fingerprint density at radius 2 is 1.20 bits per heavy atom. The molecule has 17 N–H and O–H groups in total. The van der Waals surface area contributed by atoms with Gasteiger partial charge in [0.25, 0.3) is 0 Å². The summed E-state index contributed by atoms with van der Waals surface area (Å²) in [7, 11) is 0. The van der Waals surface area contributed by atoms with E-state index < -0.39 is 121 Å². The van der Waals surface area contributed by atoms with Gasteiger partial charge in [0.15, 0.2) is 5.96 Å². The van der Waals surface area contributed by atoms with E-state index in [4.69, 9.17) is 21.9 Å².